The summed E-state index contributed by atoms with van der Waals surface area (Å²) in [6.45, 7) is 7.27. The molecular weight excluding hydrogens is 442 g/mol. The smallest absolute Gasteiger partial charge is 0.261 e. The van der Waals surface area contributed by atoms with Crippen LogP contribution in [0.2, 0.25) is 5.04 Å². The molecule has 0 radical (unpaired) electrons. The van der Waals surface area contributed by atoms with Gasteiger partial charge in [0.25, 0.3) is 8.32 Å². The van der Waals surface area contributed by atoms with Crippen LogP contribution in [-0.2, 0) is 9.16 Å². The van der Waals surface area contributed by atoms with Gasteiger partial charge in [0.2, 0.25) is 0 Å². The molecule has 4 aromatic rings. The van der Waals surface area contributed by atoms with Gasteiger partial charge in [0.1, 0.15) is 17.9 Å². The third-order valence-corrected chi connectivity index (χ3v) is 11.4. The molecule has 0 spiro atoms. The Balaban J connectivity index is 1.42. The third kappa shape index (κ3) is 3.83. The molecule has 2 aromatic carbocycles. The first-order valence-corrected chi connectivity index (χ1v) is 13.3. The first-order chi connectivity index (χ1) is 16.4. The van der Waals surface area contributed by atoms with E-state index in [9.17, 15) is 0 Å². The summed E-state index contributed by atoms with van der Waals surface area (Å²) in [6.07, 6.45) is 6.68. The standard InChI is InChI=1S/C26H29N5O2Si/c1-26(2,3)34(20-10-6-4-7-11-20,21-12-8-5-9-13-21)32-16-19-14-15-22(33-19)31-18-30-23-24(27)28-17-29-25(23)31/h4-15,17-19,22H,16H2,1-3H3,(H2,27,28,29)/t19-,22+/m0/s1. The molecule has 1 aliphatic rings. The average molecular weight is 472 g/mol. The van der Waals surface area contributed by atoms with Gasteiger partial charge in [0.15, 0.2) is 17.7 Å². The molecule has 174 valence electrons. The number of anilines is 1. The molecule has 0 amide bonds. The van der Waals surface area contributed by atoms with E-state index in [2.05, 4.69) is 102 Å². The van der Waals surface area contributed by atoms with Gasteiger partial charge in [-0.1, -0.05) is 87.5 Å². The molecule has 0 aliphatic carbocycles. The maximum Gasteiger partial charge on any atom is 0.261 e. The second-order valence-electron chi connectivity index (χ2n) is 9.51. The number of imidazole rings is 1. The molecular formula is C26H29N5O2Si. The number of hydrogen-bond donors (Lipinski definition) is 1. The van der Waals surface area contributed by atoms with E-state index in [4.69, 9.17) is 14.9 Å². The van der Waals surface area contributed by atoms with Crippen LogP contribution in [0, 0.1) is 0 Å². The normalized spacial score (nSPS) is 18.6. The molecule has 0 bridgehead atoms. The molecule has 0 saturated carbocycles. The van der Waals surface area contributed by atoms with Gasteiger partial charge in [-0.2, -0.15) is 0 Å². The molecule has 0 unspecified atom stereocenters. The Kier molecular flexibility index (Phi) is 5.81. The van der Waals surface area contributed by atoms with E-state index < -0.39 is 8.32 Å². The number of aromatic nitrogens is 4. The summed E-state index contributed by atoms with van der Waals surface area (Å²) in [4.78, 5) is 12.7. The van der Waals surface area contributed by atoms with Gasteiger partial charge in [-0.25, -0.2) is 15.0 Å². The van der Waals surface area contributed by atoms with Crippen LogP contribution in [0.25, 0.3) is 11.2 Å². The van der Waals surface area contributed by atoms with Crippen LogP contribution in [0.15, 0.2) is 85.5 Å². The molecule has 0 fully saturated rings. The summed E-state index contributed by atoms with van der Waals surface area (Å²) >= 11 is 0. The van der Waals surface area contributed by atoms with Gasteiger partial charge in [-0.15, -0.1) is 0 Å². The highest BCUT2D eigenvalue weighted by Crippen LogP contribution is 2.37. The highest BCUT2D eigenvalue weighted by molar-refractivity contribution is 6.99. The van der Waals surface area contributed by atoms with E-state index in [-0.39, 0.29) is 17.4 Å². The largest absolute Gasteiger partial charge is 0.404 e. The lowest BCUT2D eigenvalue weighted by Gasteiger charge is -2.43. The minimum atomic E-state index is -2.63. The van der Waals surface area contributed by atoms with Crippen molar-refractivity contribution in [3.63, 3.8) is 0 Å². The number of rotatable bonds is 6. The van der Waals surface area contributed by atoms with Crippen LogP contribution in [0.4, 0.5) is 5.82 Å². The monoisotopic (exact) mass is 471 g/mol. The Morgan fingerprint density at radius 3 is 2.21 bits per heavy atom. The van der Waals surface area contributed by atoms with Crippen molar-refractivity contribution in [1.82, 2.24) is 19.5 Å². The number of benzene rings is 2. The molecule has 5 rings (SSSR count). The van der Waals surface area contributed by atoms with Crippen molar-refractivity contribution in [2.45, 2.75) is 38.1 Å². The van der Waals surface area contributed by atoms with E-state index in [1.54, 1.807) is 6.33 Å². The SMILES string of the molecule is CC(C)(C)[Si](OC[C@@H]1C=C[C@H](n2cnc3c(N)ncnc32)O1)(c1ccccc1)c1ccccc1. The van der Waals surface area contributed by atoms with Crippen LogP contribution in [-0.4, -0.2) is 40.5 Å². The summed E-state index contributed by atoms with van der Waals surface area (Å²) in [7, 11) is -2.63. The Morgan fingerprint density at radius 1 is 0.941 bits per heavy atom. The summed E-state index contributed by atoms with van der Waals surface area (Å²) in [5.74, 6) is 0.359. The van der Waals surface area contributed by atoms with Crippen molar-refractivity contribution in [2.75, 3.05) is 12.3 Å². The lowest BCUT2D eigenvalue weighted by molar-refractivity contribution is -0.00308. The number of hydrogen-bond acceptors (Lipinski definition) is 6. The zero-order chi connectivity index (χ0) is 23.8. The van der Waals surface area contributed by atoms with E-state index >= 15 is 0 Å². The fourth-order valence-corrected chi connectivity index (χ4v) is 9.34. The van der Waals surface area contributed by atoms with Crippen LogP contribution in [0.5, 0.6) is 0 Å². The van der Waals surface area contributed by atoms with Crippen LogP contribution in [0.3, 0.4) is 0 Å². The zero-order valence-electron chi connectivity index (χ0n) is 19.6. The fourth-order valence-electron chi connectivity index (χ4n) is 4.77. The predicted molar refractivity (Wildman–Crippen MR) is 136 cm³/mol. The number of nitrogens with zero attached hydrogens (tertiary/aromatic N) is 4. The van der Waals surface area contributed by atoms with E-state index in [0.29, 0.717) is 23.6 Å². The zero-order valence-corrected chi connectivity index (χ0v) is 20.6. The lowest BCUT2D eigenvalue weighted by Crippen LogP contribution is -2.67. The van der Waals surface area contributed by atoms with Crippen LogP contribution < -0.4 is 16.1 Å². The highest BCUT2D eigenvalue weighted by atomic mass is 28.4. The Bertz CT molecular complexity index is 1260. The van der Waals surface area contributed by atoms with Gasteiger partial charge in [0, 0.05) is 0 Å². The van der Waals surface area contributed by atoms with Crippen LogP contribution in [0.1, 0.15) is 27.0 Å². The van der Waals surface area contributed by atoms with Crippen molar-refractivity contribution in [3.05, 3.63) is 85.5 Å². The van der Waals surface area contributed by atoms with E-state index in [1.807, 2.05) is 10.6 Å². The van der Waals surface area contributed by atoms with E-state index in [1.165, 1.54) is 16.7 Å². The minimum Gasteiger partial charge on any atom is -0.404 e. The van der Waals surface area contributed by atoms with Gasteiger partial charge in [0.05, 0.1) is 12.9 Å². The molecule has 8 heteroatoms. The lowest BCUT2D eigenvalue weighted by atomic mass is 10.2. The average Bonchev–Trinajstić information content (AvgIpc) is 3.48. The molecule has 2 aromatic heterocycles. The maximum atomic E-state index is 7.01. The first-order valence-electron chi connectivity index (χ1n) is 11.4. The molecule has 0 saturated heterocycles. The second-order valence-corrected chi connectivity index (χ2v) is 13.8. The fraction of sp³-hybridized carbons (Fsp3) is 0.269. The Labute approximate surface area is 200 Å². The quantitative estimate of drug-likeness (QED) is 0.342. The van der Waals surface area contributed by atoms with Crippen molar-refractivity contribution < 1.29 is 9.16 Å². The number of nitrogens with two attached hydrogens (primary N) is 1. The maximum absolute atomic E-state index is 7.01. The van der Waals surface area contributed by atoms with Crippen molar-refractivity contribution >= 4 is 35.7 Å². The summed E-state index contributed by atoms with van der Waals surface area (Å²) in [6, 6.07) is 21.2. The molecule has 3 heterocycles. The van der Waals surface area contributed by atoms with E-state index in [0.717, 1.165) is 0 Å². The topological polar surface area (TPSA) is 88.1 Å². The molecule has 1 aliphatic heterocycles. The summed E-state index contributed by atoms with van der Waals surface area (Å²) < 4.78 is 15.2. The number of fused-ring (bicyclic) bond motifs is 1. The van der Waals surface area contributed by atoms with Crippen molar-refractivity contribution in [3.8, 4) is 0 Å². The van der Waals surface area contributed by atoms with Crippen molar-refractivity contribution in [1.29, 1.82) is 0 Å². The summed E-state index contributed by atoms with van der Waals surface area (Å²) in [5, 5.41) is 2.41. The van der Waals surface area contributed by atoms with Gasteiger partial charge in [-0.05, 0) is 21.5 Å². The Hall–Kier alpha value is -3.33. The number of ether oxygens (including phenoxy) is 1. The third-order valence-electron chi connectivity index (χ3n) is 6.35. The van der Waals surface area contributed by atoms with Gasteiger partial charge in [-0.3, -0.25) is 4.57 Å². The molecule has 2 atom stereocenters. The van der Waals surface area contributed by atoms with Crippen LogP contribution >= 0.6 is 0 Å². The Morgan fingerprint density at radius 2 is 1.59 bits per heavy atom. The molecule has 7 nitrogen and oxygen atoms in total. The van der Waals surface area contributed by atoms with Crippen molar-refractivity contribution in [2.24, 2.45) is 0 Å². The highest BCUT2D eigenvalue weighted by Gasteiger charge is 2.50. The minimum absolute atomic E-state index is 0.0908. The van der Waals surface area contributed by atoms with Gasteiger partial charge < -0.3 is 14.9 Å². The molecule has 2 N–H and O–H groups in total. The predicted octanol–water partition coefficient (Wildman–Crippen LogP) is 3.44. The summed E-state index contributed by atoms with van der Waals surface area (Å²) in [5.41, 5.74) is 7.17. The second kappa shape index (κ2) is 8.79. The first kappa shape index (κ1) is 22.5. The molecule has 34 heavy (non-hydrogen) atoms. The number of nitrogen functional groups attached to an aromatic ring is 1. The van der Waals surface area contributed by atoms with Gasteiger partial charge >= 0.3 is 0 Å².